The molecule has 0 bridgehead atoms. The summed E-state index contributed by atoms with van der Waals surface area (Å²) in [6, 6.07) is 16.6. The van der Waals surface area contributed by atoms with Crippen LogP contribution in [-0.2, 0) is 11.2 Å². The number of hydrogen-bond acceptors (Lipinski definition) is 9. The summed E-state index contributed by atoms with van der Waals surface area (Å²) in [4.78, 5) is 14.4. The molecule has 1 aliphatic heterocycles. The van der Waals surface area contributed by atoms with Crippen LogP contribution in [0.2, 0.25) is 0 Å². The SMILES string of the molecule is CCCc1nnc(-c2ccc(OCC(=O)N3N=C(c4cccs4)CC3c3ccc(OC)c(OC)c3)cc2)o1. The van der Waals surface area contributed by atoms with E-state index in [1.807, 2.05) is 47.8 Å². The van der Waals surface area contributed by atoms with Crippen molar-refractivity contribution in [3.63, 3.8) is 0 Å². The zero-order valence-electron chi connectivity index (χ0n) is 21.4. The third-order valence-corrected chi connectivity index (χ3v) is 7.08. The van der Waals surface area contributed by atoms with Crippen molar-refractivity contribution in [1.82, 2.24) is 15.2 Å². The molecule has 0 fully saturated rings. The highest BCUT2D eigenvalue weighted by Gasteiger charge is 2.34. The van der Waals surface area contributed by atoms with E-state index in [0.717, 1.165) is 34.6 Å². The zero-order chi connectivity index (χ0) is 26.5. The number of hydrazone groups is 1. The Morgan fingerprint density at radius 1 is 1.08 bits per heavy atom. The normalized spacial score (nSPS) is 14.9. The molecule has 4 aromatic rings. The van der Waals surface area contributed by atoms with E-state index in [1.54, 1.807) is 37.7 Å². The molecule has 2 aromatic heterocycles. The van der Waals surface area contributed by atoms with E-state index in [1.165, 1.54) is 5.01 Å². The molecule has 0 aliphatic carbocycles. The average Bonchev–Trinajstić information content (AvgIpc) is 3.73. The first-order valence-electron chi connectivity index (χ1n) is 12.3. The number of aryl methyl sites for hydroxylation is 1. The fraction of sp³-hybridized carbons (Fsp3) is 0.286. The largest absolute Gasteiger partial charge is 0.493 e. The lowest BCUT2D eigenvalue weighted by Gasteiger charge is -2.23. The molecule has 10 heteroatoms. The standard InChI is InChI=1S/C28H28N4O5S/c1-4-6-26-29-30-28(37-26)18-8-11-20(12-9-18)36-17-27(33)32-22(16-21(31-32)25-7-5-14-38-25)19-10-13-23(34-2)24(15-19)35-3/h5,7-15,22H,4,6,16-17H2,1-3H3. The number of benzene rings is 2. The molecule has 0 spiro atoms. The van der Waals surface area contributed by atoms with Gasteiger partial charge in [-0.2, -0.15) is 5.10 Å². The van der Waals surface area contributed by atoms with Gasteiger partial charge in [0, 0.05) is 18.4 Å². The van der Waals surface area contributed by atoms with Gasteiger partial charge in [0.1, 0.15) is 5.75 Å². The van der Waals surface area contributed by atoms with Crippen molar-refractivity contribution >= 4 is 23.0 Å². The lowest BCUT2D eigenvalue weighted by atomic mass is 10.0. The van der Waals surface area contributed by atoms with Crippen molar-refractivity contribution in [1.29, 1.82) is 0 Å². The maximum Gasteiger partial charge on any atom is 0.281 e. The predicted molar refractivity (Wildman–Crippen MR) is 144 cm³/mol. The maximum absolute atomic E-state index is 13.4. The molecule has 0 saturated heterocycles. The van der Waals surface area contributed by atoms with Gasteiger partial charge in [0.25, 0.3) is 5.91 Å². The summed E-state index contributed by atoms with van der Waals surface area (Å²) in [6.07, 6.45) is 2.26. The number of hydrogen-bond donors (Lipinski definition) is 0. The third-order valence-electron chi connectivity index (χ3n) is 6.16. The van der Waals surface area contributed by atoms with Crippen LogP contribution in [0.25, 0.3) is 11.5 Å². The van der Waals surface area contributed by atoms with E-state index in [4.69, 9.17) is 23.7 Å². The Kier molecular flexibility index (Phi) is 7.69. The number of ether oxygens (including phenoxy) is 3. The van der Waals surface area contributed by atoms with Gasteiger partial charge < -0.3 is 18.6 Å². The zero-order valence-corrected chi connectivity index (χ0v) is 22.2. The van der Waals surface area contributed by atoms with Crippen LogP contribution in [0.3, 0.4) is 0 Å². The summed E-state index contributed by atoms with van der Waals surface area (Å²) in [6.45, 7) is 1.90. The van der Waals surface area contributed by atoms with E-state index in [9.17, 15) is 4.79 Å². The molecule has 0 radical (unpaired) electrons. The lowest BCUT2D eigenvalue weighted by molar-refractivity contribution is -0.135. The van der Waals surface area contributed by atoms with E-state index >= 15 is 0 Å². The van der Waals surface area contributed by atoms with Gasteiger partial charge in [0.05, 0.1) is 30.9 Å². The van der Waals surface area contributed by atoms with Gasteiger partial charge in [0.2, 0.25) is 11.8 Å². The average molecular weight is 533 g/mol. The first-order chi connectivity index (χ1) is 18.6. The Labute approximate surface area is 224 Å². The predicted octanol–water partition coefficient (Wildman–Crippen LogP) is 5.52. The van der Waals surface area contributed by atoms with Crippen LogP contribution in [0, 0.1) is 0 Å². The Balaban J connectivity index is 1.31. The summed E-state index contributed by atoms with van der Waals surface area (Å²) in [5.41, 5.74) is 2.55. The van der Waals surface area contributed by atoms with E-state index < -0.39 is 0 Å². The van der Waals surface area contributed by atoms with Gasteiger partial charge in [-0.25, -0.2) is 5.01 Å². The van der Waals surface area contributed by atoms with Crippen molar-refractivity contribution in [3.05, 3.63) is 76.3 Å². The topological polar surface area (TPSA) is 99.3 Å². The second-order valence-corrected chi connectivity index (χ2v) is 9.61. The van der Waals surface area contributed by atoms with Crippen LogP contribution in [0.4, 0.5) is 0 Å². The van der Waals surface area contributed by atoms with Crippen LogP contribution in [0.15, 0.2) is 69.5 Å². The van der Waals surface area contributed by atoms with Gasteiger partial charge >= 0.3 is 0 Å². The summed E-state index contributed by atoms with van der Waals surface area (Å²) in [5.74, 6) is 2.61. The Bertz CT molecular complexity index is 1420. The molecular formula is C28H28N4O5S. The van der Waals surface area contributed by atoms with Crippen LogP contribution in [0.5, 0.6) is 17.2 Å². The van der Waals surface area contributed by atoms with Crippen LogP contribution >= 0.6 is 11.3 Å². The van der Waals surface area contributed by atoms with Crippen LogP contribution in [0.1, 0.15) is 42.1 Å². The summed E-state index contributed by atoms with van der Waals surface area (Å²) < 4.78 is 22.4. The number of aromatic nitrogens is 2. The fourth-order valence-corrected chi connectivity index (χ4v) is 4.96. The van der Waals surface area contributed by atoms with E-state index in [2.05, 4.69) is 17.1 Å². The molecule has 1 amide bonds. The second-order valence-electron chi connectivity index (χ2n) is 8.66. The molecule has 5 rings (SSSR count). The highest BCUT2D eigenvalue weighted by molar-refractivity contribution is 7.12. The number of rotatable bonds is 10. The highest BCUT2D eigenvalue weighted by Crippen LogP contribution is 2.38. The van der Waals surface area contributed by atoms with Crippen molar-refractivity contribution in [2.45, 2.75) is 32.2 Å². The van der Waals surface area contributed by atoms with E-state index in [-0.39, 0.29) is 18.6 Å². The Morgan fingerprint density at radius 3 is 2.61 bits per heavy atom. The minimum atomic E-state index is -0.291. The van der Waals surface area contributed by atoms with E-state index in [0.29, 0.717) is 35.5 Å². The van der Waals surface area contributed by atoms with Crippen molar-refractivity contribution in [2.75, 3.05) is 20.8 Å². The third kappa shape index (κ3) is 5.40. The lowest BCUT2D eigenvalue weighted by Crippen LogP contribution is -2.31. The second kappa shape index (κ2) is 11.5. The molecule has 1 atom stereocenters. The van der Waals surface area contributed by atoms with Crippen molar-refractivity contribution in [2.24, 2.45) is 5.10 Å². The first kappa shape index (κ1) is 25.5. The molecule has 38 heavy (non-hydrogen) atoms. The number of thiophene rings is 1. The fourth-order valence-electron chi connectivity index (χ4n) is 4.24. The van der Waals surface area contributed by atoms with Crippen LogP contribution in [-0.4, -0.2) is 47.7 Å². The smallest absolute Gasteiger partial charge is 0.281 e. The van der Waals surface area contributed by atoms with Gasteiger partial charge in [-0.3, -0.25) is 4.79 Å². The van der Waals surface area contributed by atoms with Gasteiger partial charge in [-0.15, -0.1) is 21.5 Å². The summed E-state index contributed by atoms with van der Waals surface area (Å²) in [5, 5.41) is 16.4. The van der Waals surface area contributed by atoms with Gasteiger partial charge in [-0.05, 0) is 59.8 Å². The minimum Gasteiger partial charge on any atom is -0.493 e. The monoisotopic (exact) mass is 532 g/mol. The molecule has 9 nitrogen and oxygen atoms in total. The number of nitrogens with zero attached hydrogens (tertiary/aromatic N) is 4. The molecule has 1 aliphatic rings. The maximum atomic E-state index is 13.4. The molecule has 2 aromatic carbocycles. The highest BCUT2D eigenvalue weighted by atomic mass is 32.1. The van der Waals surface area contributed by atoms with Crippen molar-refractivity contribution < 1.29 is 23.4 Å². The number of amides is 1. The molecule has 0 saturated carbocycles. The molecule has 3 heterocycles. The number of carbonyl (C=O) groups excluding carboxylic acids is 1. The molecular weight excluding hydrogens is 504 g/mol. The van der Waals surface area contributed by atoms with Gasteiger partial charge in [0.15, 0.2) is 18.1 Å². The summed E-state index contributed by atoms with van der Waals surface area (Å²) in [7, 11) is 3.19. The number of methoxy groups -OCH3 is 2. The van der Waals surface area contributed by atoms with Gasteiger partial charge in [-0.1, -0.05) is 19.1 Å². The molecule has 1 unspecified atom stereocenters. The minimum absolute atomic E-state index is 0.161. The quantitative estimate of drug-likeness (QED) is 0.265. The molecule has 196 valence electrons. The first-order valence-corrected chi connectivity index (χ1v) is 13.2. The summed E-state index contributed by atoms with van der Waals surface area (Å²) >= 11 is 1.60. The Hall–Kier alpha value is -4.18. The Morgan fingerprint density at radius 2 is 1.89 bits per heavy atom. The van der Waals surface area contributed by atoms with Crippen LogP contribution < -0.4 is 14.2 Å². The van der Waals surface area contributed by atoms with Crippen molar-refractivity contribution in [3.8, 4) is 28.7 Å². The molecule has 0 N–H and O–H groups in total. The number of carbonyl (C=O) groups is 1.